The van der Waals surface area contributed by atoms with E-state index in [4.69, 9.17) is 14.2 Å². The first-order valence-electron chi connectivity index (χ1n) is 8.35. The number of methoxy groups -OCH3 is 2. The molecule has 1 heterocycles. The third kappa shape index (κ3) is 4.78. The van der Waals surface area contributed by atoms with Crippen molar-refractivity contribution in [3.05, 3.63) is 18.2 Å². The van der Waals surface area contributed by atoms with E-state index in [9.17, 15) is 14.7 Å². The number of aliphatic hydroxyl groups excluding tert-OH is 1. The molecule has 2 amide bonds. The Morgan fingerprint density at radius 3 is 2.50 bits per heavy atom. The summed E-state index contributed by atoms with van der Waals surface area (Å²) in [6.45, 7) is 5.27. The molecule has 1 saturated heterocycles. The predicted molar refractivity (Wildman–Crippen MR) is 95.5 cm³/mol. The van der Waals surface area contributed by atoms with Gasteiger partial charge in [-0.1, -0.05) is 0 Å². The minimum absolute atomic E-state index is 0.0439. The Balaban J connectivity index is 2.18. The maximum absolute atomic E-state index is 12.7. The summed E-state index contributed by atoms with van der Waals surface area (Å²) in [7, 11) is 3.01. The Labute approximate surface area is 153 Å². The van der Waals surface area contributed by atoms with Crippen LogP contribution in [-0.4, -0.2) is 60.5 Å². The van der Waals surface area contributed by atoms with Gasteiger partial charge in [0.05, 0.1) is 32.6 Å². The third-order valence-corrected chi connectivity index (χ3v) is 3.87. The van der Waals surface area contributed by atoms with E-state index >= 15 is 0 Å². The molecule has 0 spiro atoms. The number of amides is 2. The molecule has 0 aromatic heterocycles. The van der Waals surface area contributed by atoms with Gasteiger partial charge in [0.2, 0.25) is 5.91 Å². The van der Waals surface area contributed by atoms with Gasteiger partial charge in [0, 0.05) is 12.5 Å². The molecule has 1 fully saturated rings. The molecule has 1 aromatic carbocycles. The second-order valence-electron chi connectivity index (χ2n) is 7.09. The smallest absolute Gasteiger partial charge is 0.411 e. The van der Waals surface area contributed by atoms with Crippen LogP contribution in [0, 0.1) is 0 Å². The molecule has 8 nitrogen and oxygen atoms in total. The van der Waals surface area contributed by atoms with E-state index in [0.29, 0.717) is 17.2 Å². The standard InChI is InChI=1S/C18H26N2O6/c1-18(2,3)26-17(23)20-10-11(21)8-14(20)16(22)19-13-9-12(24-4)6-7-15(13)25-5/h6-7,9,11,14,21H,8,10H2,1-5H3,(H,19,22)/t11-,14-/m0/s1. The summed E-state index contributed by atoms with van der Waals surface area (Å²) in [5.41, 5.74) is -0.274. The van der Waals surface area contributed by atoms with Gasteiger partial charge < -0.3 is 24.6 Å². The lowest BCUT2D eigenvalue weighted by atomic mass is 10.1. The van der Waals surface area contributed by atoms with Crippen molar-refractivity contribution >= 4 is 17.7 Å². The van der Waals surface area contributed by atoms with Crippen LogP contribution in [-0.2, 0) is 9.53 Å². The highest BCUT2D eigenvalue weighted by Crippen LogP contribution is 2.30. The SMILES string of the molecule is COc1ccc(OC)c(NC(=O)[C@@H]2C[C@H](O)CN2C(=O)OC(C)(C)C)c1. The van der Waals surface area contributed by atoms with Crippen molar-refractivity contribution in [2.75, 3.05) is 26.1 Å². The molecule has 1 aliphatic rings. The van der Waals surface area contributed by atoms with Gasteiger partial charge in [-0.05, 0) is 32.9 Å². The van der Waals surface area contributed by atoms with Gasteiger partial charge >= 0.3 is 6.09 Å². The van der Waals surface area contributed by atoms with Crippen molar-refractivity contribution in [2.45, 2.75) is 44.9 Å². The number of nitrogens with zero attached hydrogens (tertiary/aromatic N) is 1. The summed E-state index contributed by atoms with van der Waals surface area (Å²) in [5.74, 6) is 0.581. The van der Waals surface area contributed by atoms with E-state index < -0.39 is 29.7 Å². The zero-order valence-corrected chi connectivity index (χ0v) is 15.7. The normalized spacial score (nSPS) is 19.8. The van der Waals surface area contributed by atoms with Crippen LogP contribution in [0.1, 0.15) is 27.2 Å². The van der Waals surface area contributed by atoms with Crippen molar-refractivity contribution in [3.63, 3.8) is 0 Å². The zero-order chi connectivity index (χ0) is 19.5. The Morgan fingerprint density at radius 2 is 1.92 bits per heavy atom. The topological polar surface area (TPSA) is 97.3 Å². The summed E-state index contributed by atoms with van der Waals surface area (Å²) >= 11 is 0. The van der Waals surface area contributed by atoms with Crippen molar-refractivity contribution in [2.24, 2.45) is 0 Å². The molecule has 1 aromatic rings. The van der Waals surface area contributed by atoms with Crippen LogP contribution in [0.3, 0.4) is 0 Å². The van der Waals surface area contributed by atoms with Gasteiger partial charge in [0.1, 0.15) is 23.1 Å². The van der Waals surface area contributed by atoms with Gasteiger partial charge in [-0.3, -0.25) is 9.69 Å². The molecule has 0 bridgehead atoms. The summed E-state index contributed by atoms with van der Waals surface area (Å²) in [6, 6.07) is 4.17. The van der Waals surface area contributed by atoms with Crippen LogP contribution in [0.2, 0.25) is 0 Å². The molecule has 0 unspecified atom stereocenters. The van der Waals surface area contributed by atoms with Crippen LogP contribution in [0.15, 0.2) is 18.2 Å². The lowest BCUT2D eigenvalue weighted by Crippen LogP contribution is -2.45. The number of aliphatic hydroxyl groups is 1. The molecule has 2 N–H and O–H groups in total. The molecule has 2 rings (SSSR count). The molecule has 0 saturated carbocycles. The Hall–Kier alpha value is -2.48. The molecule has 26 heavy (non-hydrogen) atoms. The molecule has 8 heteroatoms. The largest absolute Gasteiger partial charge is 0.497 e. The van der Waals surface area contributed by atoms with Gasteiger partial charge in [-0.25, -0.2) is 4.79 Å². The molecule has 2 atom stereocenters. The molecule has 1 aliphatic heterocycles. The van der Waals surface area contributed by atoms with Gasteiger partial charge in [0.15, 0.2) is 0 Å². The molecular weight excluding hydrogens is 340 g/mol. The number of carbonyl (C=O) groups excluding carboxylic acids is 2. The fraction of sp³-hybridized carbons (Fsp3) is 0.556. The lowest BCUT2D eigenvalue weighted by molar-refractivity contribution is -0.120. The van der Waals surface area contributed by atoms with Gasteiger partial charge in [0.25, 0.3) is 0 Å². The number of nitrogens with one attached hydrogen (secondary N) is 1. The highest BCUT2D eigenvalue weighted by Gasteiger charge is 2.41. The number of rotatable bonds is 4. The van der Waals surface area contributed by atoms with E-state index in [1.54, 1.807) is 39.0 Å². The minimum Gasteiger partial charge on any atom is -0.497 e. The maximum Gasteiger partial charge on any atom is 0.411 e. The number of likely N-dealkylation sites (tertiary alicyclic amines) is 1. The monoisotopic (exact) mass is 366 g/mol. The number of hydrogen-bond donors (Lipinski definition) is 2. The highest BCUT2D eigenvalue weighted by molar-refractivity contribution is 5.98. The fourth-order valence-electron chi connectivity index (χ4n) is 2.71. The summed E-state index contributed by atoms with van der Waals surface area (Å²) < 4.78 is 15.7. The van der Waals surface area contributed by atoms with E-state index in [1.807, 2.05) is 0 Å². The first-order valence-corrected chi connectivity index (χ1v) is 8.35. The summed E-state index contributed by atoms with van der Waals surface area (Å²) in [5, 5.41) is 12.7. The van der Waals surface area contributed by atoms with Gasteiger partial charge in [-0.15, -0.1) is 0 Å². The van der Waals surface area contributed by atoms with E-state index in [2.05, 4.69) is 5.32 Å². The van der Waals surface area contributed by atoms with E-state index in [1.165, 1.54) is 19.1 Å². The number of anilines is 1. The molecule has 0 radical (unpaired) electrons. The Kier molecular flexibility index (Phi) is 5.97. The number of hydrogen-bond acceptors (Lipinski definition) is 6. The minimum atomic E-state index is -0.837. The predicted octanol–water partition coefficient (Wildman–Crippen LogP) is 2.01. The fourth-order valence-corrected chi connectivity index (χ4v) is 2.71. The van der Waals surface area contributed by atoms with Crippen LogP contribution in [0.5, 0.6) is 11.5 Å². The Morgan fingerprint density at radius 1 is 1.23 bits per heavy atom. The summed E-state index contributed by atoms with van der Waals surface area (Å²) in [4.78, 5) is 26.4. The van der Waals surface area contributed by atoms with Crippen LogP contribution < -0.4 is 14.8 Å². The zero-order valence-electron chi connectivity index (χ0n) is 15.7. The number of carbonyl (C=O) groups is 2. The van der Waals surface area contributed by atoms with Crippen molar-refractivity contribution < 1.29 is 28.9 Å². The maximum atomic E-state index is 12.7. The van der Waals surface area contributed by atoms with Crippen LogP contribution >= 0.6 is 0 Å². The van der Waals surface area contributed by atoms with Crippen molar-refractivity contribution in [1.29, 1.82) is 0 Å². The average molecular weight is 366 g/mol. The van der Waals surface area contributed by atoms with Crippen LogP contribution in [0.4, 0.5) is 10.5 Å². The van der Waals surface area contributed by atoms with E-state index in [0.717, 1.165) is 0 Å². The average Bonchev–Trinajstić information content (AvgIpc) is 2.95. The van der Waals surface area contributed by atoms with Crippen molar-refractivity contribution in [1.82, 2.24) is 4.90 Å². The quantitative estimate of drug-likeness (QED) is 0.846. The third-order valence-electron chi connectivity index (χ3n) is 3.87. The number of ether oxygens (including phenoxy) is 3. The molecule has 144 valence electrons. The lowest BCUT2D eigenvalue weighted by Gasteiger charge is -2.28. The van der Waals surface area contributed by atoms with Crippen molar-refractivity contribution in [3.8, 4) is 11.5 Å². The first kappa shape index (κ1) is 19.8. The molecule has 0 aliphatic carbocycles. The second-order valence-corrected chi connectivity index (χ2v) is 7.09. The summed E-state index contributed by atoms with van der Waals surface area (Å²) in [6.07, 6.45) is -1.28. The Bertz CT molecular complexity index is 670. The van der Waals surface area contributed by atoms with Gasteiger partial charge in [-0.2, -0.15) is 0 Å². The number of benzene rings is 1. The second kappa shape index (κ2) is 7.82. The molecular formula is C18H26N2O6. The first-order chi connectivity index (χ1) is 12.1. The van der Waals surface area contributed by atoms with E-state index in [-0.39, 0.29) is 13.0 Å². The highest BCUT2D eigenvalue weighted by atomic mass is 16.6. The van der Waals surface area contributed by atoms with Crippen LogP contribution in [0.25, 0.3) is 0 Å². The number of β-amino-alcohol motifs (C(OH)–C–C–N with tert-alkyl or cyclic N) is 1.